The van der Waals surface area contributed by atoms with Gasteiger partial charge in [-0.2, -0.15) is 5.26 Å². The van der Waals surface area contributed by atoms with Crippen molar-refractivity contribution >= 4 is 17.3 Å². The molecule has 134 valence electrons. The molecule has 1 amide bonds. The van der Waals surface area contributed by atoms with Crippen LogP contribution in [0.4, 0.5) is 11.4 Å². The molecule has 0 radical (unpaired) electrons. The Kier molecular flexibility index (Phi) is 5.70. The largest absolute Gasteiger partial charge is 0.455 e. The highest BCUT2D eigenvalue weighted by Crippen LogP contribution is 2.29. The minimum atomic E-state index is -0.530. The van der Waals surface area contributed by atoms with E-state index in [-0.39, 0.29) is 5.91 Å². The van der Waals surface area contributed by atoms with Crippen LogP contribution in [0.3, 0.4) is 0 Å². The molecule has 27 heavy (non-hydrogen) atoms. The molecule has 0 fully saturated rings. The summed E-state index contributed by atoms with van der Waals surface area (Å²) in [5, 5.41) is 15.1. The minimum Gasteiger partial charge on any atom is -0.455 e. The molecule has 0 heterocycles. The molecule has 5 heteroatoms. The molecule has 0 bridgehead atoms. The second-order valence-electron chi connectivity index (χ2n) is 5.92. The second-order valence-corrected chi connectivity index (χ2v) is 5.92. The molecule has 3 rings (SSSR count). The highest BCUT2D eigenvalue weighted by molar-refractivity contribution is 5.97. The van der Waals surface area contributed by atoms with Gasteiger partial charge < -0.3 is 15.4 Å². The van der Waals surface area contributed by atoms with Gasteiger partial charge in [-0.3, -0.25) is 4.79 Å². The number of nitrogens with one attached hydrogen (secondary N) is 2. The number of hydrogen-bond acceptors (Lipinski definition) is 4. The summed E-state index contributed by atoms with van der Waals surface area (Å²) in [5.74, 6) is 1.10. The predicted molar refractivity (Wildman–Crippen MR) is 106 cm³/mol. The fourth-order valence-electron chi connectivity index (χ4n) is 2.52. The molecule has 0 unspecified atom stereocenters. The first-order valence-corrected chi connectivity index (χ1v) is 8.56. The molecule has 3 aromatic carbocycles. The maximum absolute atomic E-state index is 12.5. The standard InChI is InChI=1S/C22H19N3O2/c1-16(22(26)25-19-12-6-5-9-17(19)15-23)24-20-13-7-8-14-21(20)27-18-10-3-2-4-11-18/h2-14,16,24H,1H3,(H,25,26)/t16-/m0/s1. The zero-order chi connectivity index (χ0) is 19.1. The highest BCUT2D eigenvalue weighted by Gasteiger charge is 2.16. The molecule has 0 aliphatic heterocycles. The van der Waals surface area contributed by atoms with Gasteiger partial charge in [0.2, 0.25) is 5.91 Å². The van der Waals surface area contributed by atoms with Gasteiger partial charge in [-0.1, -0.05) is 42.5 Å². The lowest BCUT2D eigenvalue weighted by Gasteiger charge is -2.18. The number of nitriles is 1. The number of nitrogens with zero attached hydrogens (tertiary/aromatic N) is 1. The first-order chi connectivity index (χ1) is 13.2. The van der Waals surface area contributed by atoms with Gasteiger partial charge in [0.15, 0.2) is 5.75 Å². The Hall–Kier alpha value is -3.78. The van der Waals surface area contributed by atoms with Crippen LogP contribution in [0.1, 0.15) is 12.5 Å². The smallest absolute Gasteiger partial charge is 0.246 e. The van der Waals surface area contributed by atoms with Gasteiger partial charge in [0, 0.05) is 0 Å². The van der Waals surface area contributed by atoms with Crippen LogP contribution in [-0.2, 0) is 4.79 Å². The fraction of sp³-hybridized carbons (Fsp3) is 0.0909. The number of hydrogen-bond donors (Lipinski definition) is 2. The van der Waals surface area contributed by atoms with E-state index in [1.54, 1.807) is 31.2 Å². The summed E-state index contributed by atoms with van der Waals surface area (Å²) in [6.45, 7) is 1.75. The van der Waals surface area contributed by atoms with Crippen LogP contribution in [0.2, 0.25) is 0 Å². The summed E-state index contributed by atoms with van der Waals surface area (Å²) < 4.78 is 5.91. The average molecular weight is 357 g/mol. The molecule has 0 saturated heterocycles. The van der Waals surface area contributed by atoms with E-state index < -0.39 is 6.04 Å². The minimum absolute atomic E-state index is 0.243. The van der Waals surface area contributed by atoms with Crippen molar-refractivity contribution in [3.63, 3.8) is 0 Å². The van der Waals surface area contributed by atoms with Gasteiger partial charge >= 0.3 is 0 Å². The molecule has 3 aromatic rings. The number of carbonyl (C=O) groups is 1. The molecule has 0 aromatic heterocycles. The summed E-state index contributed by atoms with van der Waals surface area (Å²) in [6, 6.07) is 25.3. The van der Waals surface area contributed by atoms with E-state index in [0.29, 0.717) is 28.4 Å². The zero-order valence-corrected chi connectivity index (χ0v) is 14.8. The SMILES string of the molecule is C[C@H](Nc1ccccc1Oc1ccccc1)C(=O)Nc1ccccc1C#N. The Bertz CT molecular complexity index is 965. The van der Waals surface area contributed by atoms with Gasteiger partial charge in [0.05, 0.1) is 16.9 Å². The van der Waals surface area contributed by atoms with Crippen molar-refractivity contribution in [1.29, 1.82) is 5.26 Å². The maximum Gasteiger partial charge on any atom is 0.246 e. The molecule has 1 atom stereocenters. The molecule has 0 aliphatic carbocycles. The number of carbonyl (C=O) groups excluding carboxylic acids is 1. The van der Waals surface area contributed by atoms with E-state index in [1.165, 1.54) is 0 Å². The third-order valence-corrected chi connectivity index (χ3v) is 3.93. The first kappa shape index (κ1) is 18.0. The van der Waals surface area contributed by atoms with Crippen LogP contribution in [0.15, 0.2) is 78.9 Å². The van der Waals surface area contributed by atoms with E-state index in [9.17, 15) is 4.79 Å². The number of para-hydroxylation sites is 4. The van der Waals surface area contributed by atoms with Crippen molar-refractivity contribution in [2.75, 3.05) is 10.6 Å². The Morgan fingerprint density at radius 1 is 0.926 bits per heavy atom. The maximum atomic E-state index is 12.5. The molecule has 5 nitrogen and oxygen atoms in total. The highest BCUT2D eigenvalue weighted by atomic mass is 16.5. The van der Waals surface area contributed by atoms with Crippen LogP contribution < -0.4 is 15.4 Å². The molecular formula is C22H19N3O2. The van der Waals surface area contributed by atoms with Crippen LogP contribution in [-0.4, -0.2) is 11.9 Å². The van der Waals surface area contributed by atoms with Gasteiger partial charge in [-0.25, -0.2) is 0 Å². The van der Waals surface area contributed by atoms with Gasteiger partial charge in [-0.05, 0) is 43.3 Å². The van der Waals surface area contributed by atoms with Gasteiger partial charge in [-0.15, -0.1) is 0 Å². The summed E-state index contributed by atoms with van der Waals surface area (Å²) in [5.41, 5.74) is 1.62. The lowest BCUT2D eigenvalue weighted by molar-refractivity contribution is -0.116. The summed E-state index contributed by atoms with van der Waals surface area (Å²) in [4.78, 5) is 12.5. The Balaban J connectivity index is 1.71. The topological polar surface area (TPSA) is 74.2 Å². The van der Waals surface area contributed by atoms with Crippen LogP contribution in [0.25, 0.3) is 0 Å². The third kappa shape index (κ3) is 4.65. The third-order valence-electron chi connectivity index (χ3n) is 3.93. The lowest BCUT2D eigenvalue weighted by atomic mass is 10.2. The quantitative estimate of drug-likeness (QED) is 0.665. The van der Waals surface area contributed by atoms with E-state index >= 15 is 0 Å². The van der Waals surface area contributed by atoms with E-state index in [4.69, 9.17) is 10.00 Å². The monoisotopic (exact) mass is 357 g/mol. The molecule has 0 aliphatic rings. The van der Waals surface area contributed by atoms with Gasteiger partial charge in [0.1, 0.15) is 17.9 Å². The number of benzene rings is 3. The van der Waals surface area contributed by atoms with Crippen LogP contribution in [0, 0.1) is 11.3 Å². The van der Waals surface area contributed by atoms with E-state index in [1.807, 2.05) is 54.6 Å². The van der Waals surface area contributed by atoms with Crippen LogP contribution >= 0.6 is 0 Å². The van der Waals surface area contributed by atoms with Crippen molar-refractivity contribution < 1.29 is 9.53 Å². The van der Waals surface area contributed by atoms with E-state index in [2.05, 4.69) is 16.7 Å². The molecular weight excluding hydrogens is 338 g/mol. The fourth-order valence-corrected chi connectivity index (χ4v) is 2.52. The van der Waals surface area contributed by atoms with Gasteiger partial charge in [0.25, 0.3) is 0 Å². The Morgan fingerprint density at radius 2 is 1.56 bits per heavy atom. The lowest BCUT2D eigenvalue weighted by Crippen LogP contribution is -2.32. The van der Waals surface area contributed by atoms with Crippen molar-refractivity contribution in [2.24, 2.45) is 0 Å². The van der Waals surface area contributed by atoms with Crippen molar-refractivity contribution in [2.45, 2.75) is 13.0 Å². The molecule has 2 N–H and O–H groups in total. The van der Waals surface area contributed by atoms with Crippen molar-refractivity contribution in [3.05, 3.63) is 84.4 Å². The average Bonchev–Trinajstić information content (AvgIpc) is 2.70. The van der Waals surface area contributed by atoms with Crippen molar-refractivity contribution in [1.82, 2.24) is 0 Å². The van der Waals surface area contributed by atoms with Crippen LogP contribution in [0.5, 0.6) is 11.5 Å². The summed E-state index contributed by atoms with van der Waals surface area (Å²) in [6.07, 6.45) is 0. The number of amides is 1. The molecule has 0 spiro atoms. The summed E-state index contributed by atoms with van der Waals surface area (Å²) in [7, 11) is 0. The predicted octanol–water partition coefficient (Wildman–Crippen LogP) is 4.79. The Morgan fingerprint density at radius 3 is 2.30 bits per heavy atom. The number of anilines is 2. The number of rotatable bonds is 6. The zero-order valence-electron chi connectivity index (χ0n) is 14.8. The normalized spacial score (nSPS) is 11.1. The second kappa shape index (κ2) is 8.54. The Labute approximate surface area is 158 Å². The number of ether oxygens (including phenoxy) is 1. The summed E-state index contributed by atoms with van der Waals surface area (Å²) >= 11 is 0. The van der Waals surface area contributed by atoms with E-state index in [0.717, 1.165) is 0 Å². The molecule has 0 saturated carbocycles. The van der Waals surface area contributed by atoms with Crippen molar-refractivity contribution in [3.8, 4) is 17.6 Å². The first-order valence-electron chi connectivity index (χ1n) is 8.56.